The maximum atomic E-state index is 2.36. The Morgan fingerprint density at radius 3 is 1.61 bits per heavy atom. The van der Waals surface area contributed by atoms with Gasteiger partial charge in [-0.25, -0.2) is 0 Å². The topological polar surface area (TPSA) is 6.48 Å². The molecule has 0 aliphatic heterocycles. The van der Waals surface area contributed by atoms with Gasteiger partial charge in [0.1, 0.15) is 0 Å². The second kappa shape index (κ2) is 13.2. The Hall–Kier alpha value is -5.60. The Morgan fingerprint density at radius 1 is 0.435 bits per heavy atom. The van der Waals surface area contributed by atoms with Crippen LogP contribution >= 0.6 is 0 Å². The third-order valence-electron chi connectivity index (χ3n) is 8.93. The molecule has 0 radical (unpaired) electrons. The molecule has 1 atom stereocenters. The molecule has 7 aromatic rings. The summed E-state index contributed by atoms with van der Waals surface area (Å²) >= 11 is 0. The minimum Gasteiger partial charge on any atom is -0.310 e. The van der Waals surface area contributed by atoms with Gasteiger partial charge in [0.2, 0.25) is 0 Å². The molecule has 224 valence electrons. The Balaban J connectivity index is 1.34. The second-order valence-corrected chi connectivity index (χ2v) is 11.8. The molecule has 0 saturated heterocycles. The molecule has 46 heavy (non-hydrogen) atoms. The van der Waals surface area contributed by atoms with E-state index in [9.17, 15) is 0 Å². The van der Waals surface area contributed by atoms with E-state index in [4.69, 9.17) is 0 Å². The number of para-hydroxylation sites is 2. The molecule has 2 nitrogen and oxygen atoms in total. The number of fused-ring (bicyclic) bond motifs is 1. The zero-order valence-corrected chi connectivity index (χ0v) is 26.4. The van der Waals surface area contributed by atoms with E-state index in [1.807, 2.05) is 0 Å². The van der Waals surface area contributed by atoms with Crippen molar-refractivity contribution in [2.24, 2.45) is 0 Å². The largest absolute Gasteiger partial charge is 0.310 e. The van der Waals surface area contributed by atoms with E-state index in [-0.39, 0.29) is 0 Å². The van der Waals surface area contributed by atoms with Crippen LogP contribution in [0.5, 0.6) is 0 Å². The van der Waals surface area contributed by atoms with E-state index >= 15 is 0 Å². The normalized spacial score (nSPS) is 11.7. The first-order valence-electron chi connectivity index (χ1n) is 16.2. The van der Waals surface area contributed by atoms with Crippen LogP contribution in [0, 0.1) is 0 Å². The molecule has 0 saturated carbocycles. The number of hydrogen-bond donors (Lipinski definition) is 0. The predicted molar refractivity (Wildman–Crippen MR) is 197 cm³/mol. The van der Waals surface area contributed by atoms with Gasteiger partial charge in [0.15, 0.2) is 0 Å². The van der Waals surface area contributed by atoms with Crippen LogP contribution in [0.15, 0.2) is 176 Å². The molecule has 7 aromatic carbocycles. The summed E-state index contributed by atoms with van der Waals surface area (Å²) in [5.41, 5.74) is 10.5. The first-order chi connectivity index (χ1) is 22.7. The van der Waals surface area contributed by atoms with Gasteiger partial charge in [-0.15, -0.1) is 0 Å². The lowest BCUT2D eigenvalue weighted by atomic mass is 9.98. The average Bonchev–Trinajstić information content (AvgIpc) is 3.13. The maximum Gasteiger partial charge on any atom is 0.0540 e. The summed E-state index contributed by atoms with van der Waals surface area (Å²) in [5.74, 6) is 0.533. The summed E-state index contributed by atoms with van der Waals surface area (Å²) < 4.78 is 0. The van der Waals surface area contributed by atoms with Crippen LogP contribution in [-0.4, -0.2) is 0 Å². The van der Waals surface area contributed by atoms with Crippen LogP contribution < -0.4 is 9.80 Å². The van der Waals surface area contributed by atoms with Crippen LogP contribution in [-0.2, 0) is 0 Å². The molecule has 2 heteroatoms. The highest BCUT2D eigenvalue weighted by molar-refractivity contribution is 5.91. The quantitative estimate of drug-likeness (QED) is 0.164. The van der Waals surface area contributed by atoms with Crippen LogP contribution in [0.4, 0.5) is 34.1 Å². The lowest BCUT2D eigenvalue weighted by Crippen LogP contribution is -2.13. The molecule has 0 amide bonds. The number of anilines is 6. The van der Waals surface area contributed by atoms with Crippen LogP contribution in [0.3, 0.4) is 0 Å². The molecule has 1 unspecified atom stereocenters. The first-order valence-corrected chi connectivity index (χ1v) is 16.2. The molecule has 0 heterocycles. The summed E-state index contributed by atoms with van der Waals surface area (Å²) in [5, 5.41) is 2.47. The van der Waals surface area contributed by atoms with Crippen molar-refractivity contribution in [1.82, 2.24) is 0 Å². The summed E-state index contributed by atoms with van der Waals surface area (Å²) in [6.07, 6.45) is 1.13. The van der Waals surface area contributed by atoms with Crippen molar-refractivity contribution in [1.29, 1.82) is 0 Å². The molecular weight excluding hydrogens is 556 g/mol. The fourth-order valence-electron chi connectivity index (χ4n) is 6.24. The van der Waals surface area contributed by atoms with Gasteiger partial charge in [-0.1, -0.05) is 123 Å². The fourth-order valence-corrected chi connectivity index (χ4v) is 6.24. The van der Waals surface area contributed by atoms with E-state index in [0.717, 1.165) is 40.5 Å². The Morgan fingerprint density at radius 2 is 0.935 bits per heavy atom. The van der Waals surface area contributed by atoms with Crippen LogP contribution in [0.2, 0.25) is 0 Å². The Kier molecular flexibility index (Phi) is 8.34. The first kappa shape index (κ1) is 29.1. The van der Waals surface area contributed by atoms with Gasteiger partial charge in [0.05, 0.1) is 5.69 Å². The molecule has 7 rings (SSSR count). The van der Waals surface area contributed by atoms with E-state index < -0.39 is 0 Å². The summed E-state index contributed by atoms with van der Waals surface area (Å²) in [4.78, 5) is 4.72. The average molecular weight is 595 g/mol. The van der Waals surface area contributed by atoms with Gasteiger partial charge in [-0.2, -0.15) is 0 Å². The van der Waals surface area contributed by atoms with Crippen molar-refractivity contribution < 1.29 is 0 Å². The zero-order valence-electron chi connectivity index (χ0n) is 26.4. The highest BCUT2D eigenvalue weighted by atomic mass is 15.2. The molecule has 0 aliphatic rings. The summed E-state index contributed by atoms with van der Waals surface area (Å²) in [6, 6.07) is 63.3. The van der Waals surface area contributed by atoms with Crippen molar-refractivity contribution in [3.63, 3.8) is 0 Å². The number of nitrogens with zero attached hydrogens (tertiary/aromatic N) is 2. The SMILES string of the molecule is CCC(C)c1ccc(N(c2ccc(N(c3ccccc3)c3ccccc3-c3ccccc3)cc2)c2ccc3ccccc3c2)cc1. The van der Waals surface area contributed by atoms with Crippen LogP contribution in [0.25, 0.3) is 21.9 Å². The molecule has 0 aromatic heterocycles. The molecule has 0 aliphatic carbocycles. The van der Waals surface area contributed by atoms with Gasteiger partial charge in [0, 0.05) is 34.0 Å². The van der Waals surface area contributed by atoms with Crippen molar-refractivity contribution in [3.8, 4) is 11.1 Å². The van der Waals surface area contributed by atoms with Gasteiger partial charge in [-0.3, -0.25) is 0 Å². The molecular formula is C44H38N2. The Bertz CT molecular complexity index is 2030. The van der Waals surface area contributed by atoms with Gasteiger partial charge < -0.3 is 9.80 Å². The lowest BCUT2D eigenvalue weighted by molar-refractivity contribution is 0.733. The van der Waals surface area contributed by atoms with Crippen molar-refractivity contribution in [2.45, 2.75) is 26.2 Å². The highest BCUT2D eigenvalue weighted by Crippen LogP contribution is 2.43. The third-order valence-corrected chi connectivity index (χ3v) is 8.93. The standard InChI is InChI=1S/C44H38N2/c1-3-33(2)34-22-25-39(26-23-34)45(42-27-24-35-14-10-11-17-37(35)32-42)40-28-30-41(31-29-40)46(38-18-8-5-9-19-38)44-21-13-12-20-43(44)36-15-6-4-7-16-36/h4-33H,3H2,1-2H3. The summed E-state index contributed by atoms with van der Waals surface area (Å²) in [7, 11) is 0. The molecule has 0 fully saturated rings. The minimum absolute atomic E-state index is 0.533. The fraction of sp³-hybridized carbons (Fsp3) is 0.0909. The second-order valence-electron chi connectivity index (χ2n) is 11.8. The minimum atomic E-state index is 0.533. The van der Waals surface area contributed by atoms with Gasteiger partial charge in [0.25, 0.3) is 0 Å². The predicted octanol–water partition coefficient (Wildman–Crippen LogP) is 13.0. The van der Waals surface area contributed by atoms with Gasteiger partial charge in [-0.05, 0) is 101 Å². The van der Waals surface area contributed by atoms with E-state index in [0.29, 0.717) is 5.92 Å². The van der Waals surface area contributed by atoms with E-state index in [1.165, 1.54) is 27.5 Å². The van der Waals surface area contributed by atoms with Crippen molar-refractivity contribution in [2.75, 3.05) is 9.80 Å². The van der Waals surface area contributed by atoms with Crippen molar-refractivity contribution >= 4 is 44.9 Å². The van der Waals surface area contributed by atoms with Crippen LogP contribution in [0.1, 0.15) is 31.7 Å². The monoisotopic (exact) mass is 594 g/mol. The molecule has 0 spiro atoms. The number of benzene rings is 7. The number of hydrogen-bond acceptors (Lipinski definition) is 2. The summed E-state index contributed by atoms with van der Waals surface area (Å²) in [6.45, 7) is 4.54. The highest BCUT2D eigenvalue weighted by Gasteiger charge is 2.19. The lowest BCUT2D eigenvalue weighted by Gasteiger charge is -2.30. The Labute approximate surface area is 272 Å². The number of rotatable bonds is 9. The van der Waals surface area contributed by atoms with E-state index in [1.54, 1.807) is 0 Å². The molecule has 0 bridgehead atoms. The third kappa shape index (κ3) is 5.90. The zero-order chi connectivity index (χ0) is 31.3. The smallest absolute Gasteiger partial charge is 0.0540 e. The molecule has 0 N–H and O–H groups in total. The van der Waals surface area contributed by atoms with Crippen molar-refractivity contribution in [3.05, 3.63) is 181 Å². The maximum absolute atomic E-state index is 2.36. The van der Waals surface area contributed by atoms with E-state index in [2.05, 4.69) is 200 Å². The van der Waals surface area contributed by atoms with Gasteiger partial charge >= 0.3 is 0 Å².